The fourth-order valence-corrected chi connectivity index (χ4v) is 1.56. The maximum absolute atomic E-state index is 5.13. The second kappa shape index (κ2) is 6.51. The van der Waals surface area contributed by atoms with Crippen molar-refractivity contribution >= 4 is 5.95 Å². The Morgan fingerprint density at radius 1 is 1.53 bits per heavy atom. The summed E-state index contributed by atoms with van der Waals surface area (Å²) in [6.45, 7) is 5.55. The smallest absolute Gasteiger partial charge is 0.225 e. The first-order valence-electron chi connectivity index (χ1n) is 5.79. The minimum absolute atomic E-state index is 0.259. The number of methoxy groups -OCH3 is 1. The highest BCUT2D eigenvalue weighted by atomic mass is 16.5. The third kappa shape index (κ3) is 3.64. The van der Waals surface area contributed by atoms with Crippen LogP contribution in [0.25, 0.3) is 0 Å². The Balaban J connectivity index is 2.81. The third-order valence-corrected chi connectivity index (χ3v) is 2.82. The van der Waals surface area contributed by atoms with E-state index in [1.807, 2.05) is 32.1 Å². The largest absolute Gasteiger partial charge is 0.383 e. The summed E-state index contributed by atoms with van der Waals surface area (Å²) in [5.41, 5.74) is 2.14. The van der Waals surface area contributed by atoms with Crippen LogP contribution in [-0.4, -0.2) is 43.8 Å². The van der Waals surface area contributed by atoms with E-state index in [0.717, 1.165) is 23.8 Å². The zero-order chi connectivity index (χ0) is 12.8. The molecular weight excluding hydrogens is 216 g/mol. The first-order valence-corrected chi connectivity index (χ1v) is 5.79. The number of likely N-dealkylation sites (N-methyl/N-ethyl adjacent to an activating group) is 1. The Hall–Kier alpha value is -1.20. The van der Waals surface area contributed by atoms with E-state index in [4.69, 9.17) is 4.74 Å². The molecule has 1 rings (SSSR count). The number of nitrogens with zero attached hydrogens (tertiary/aromatic N) is 3. The van der Waals surface area contributed by atoms with Crippen molar-refractivity contribution in [3.8, 4) is 0 Å². The molecule has 0 saturated carbocycles. The molecular formula is C12H22N4O. The van der Waals surface area contributed by atoms with Gasteiger partial charge < -0.3 is 15.0 Å². The van der Waals surface area contributed by atoms with E-state index in [1.54, 1.807) is 7.11 Å². The molecule has 1 aromatic heterocycles. The van der Waals surface area contributed by atoms with Crippen molar-refractivity contribution in [3.63, 3.8) is 0 Å². The van der Waals surface area contributed by atoms with Crippen LogP contribution in [-0.2, 0) is 11.3 Å². The van der Waals surface area contributed by atoms with Crippen molar-refractivity contribution in [2.45, 2.75) is 26.4 Å². The summed E-state index contributed by atoms with van der Waals surface area (Å²) in [6.07, 6.45) is 1.88. The number of ether oxygens (including phenoxy) is 1. The van der Waals surface area contributed by atoms with Gasteiger partial charge in [-0.15, -0.1) is 0 Å². The maximum Gasteiger partial charge on any atom is 0.225 e. The number of nitrogens with one attached hydrogen (secondary N) is 1. The molecule has 0 fully saturated rings. The van der Waals surface area contributed by atoms with Gasteiger partial charge in [0.1, 0.15) is 0 Å². The van der Waals surface area contributed by atoms with Crippen LogP contribution >= 0.6 is 0 Å². The lowest BCUT2D eigenvalue weighted by molar-refractivity contribution is 0.183. The predicted octanol–water partition coefficient (Wildman–Crippen LogP) is 0.976. The third-order valence-electron chi connectivity index (χ3n) is 2.82. The first-order chi connectivity index (χ1) is 8.10. The Bertz CT molecular complexity index is 356. The monoisotopic (exact) mass is 238 g/mol. The summed E-state index contributed by atoms with van der Waals surface area (Å²) in [6, 6.07) is 0.259. The highest BCUT2D eigenvalue weighted by molar-refractivity contribution is 5.33. The van der Waals surface area contributed by atoms with Gasteiger partial charge in [-0.1, -0.05) is 0 Å². The van der Waals surface area contributed by atoms with Crippen LogP contribution in [0, 0.1) is 6.92 Å². The fraction of sp³-hybridized carbons (Fsp3) is 0.667. The summed E-state index contributed by atoms with van der Waals surface area (Å²) >= 11 is 0. The molecule has 0 aliphatic carbocycles. The molecule has 5 heteroatoms. The number of anilines is 1. The number of aromatic nitrogens is 2. The molecule has 0 aromatic carbocycles. The molecule has 1 N–H and O–H groups in total. The van der Waals surface area contributed by atoms with Crippen LogP contribution in [0.5, 0.6) is 0 Å². The topological polar surface area (TPSA) is 50.3 Å². The molecule has 0 bridgehead atoms. The van der Waals surface area contributed by atoms with Crippen LogP contribution in [0.3, 0.4) is 0 Å². The SMILES string of the molecule is CNCc1cnc(N(C)C(C)COC)nc1C. The van der Waals surface area contributed by atoms with E-state index in [2.05, 4.69) is 22.2 Å². The summed E-state index contributed by atoms with van der Waals surface area (Å²) in [4.78, 5) is 10.9. The van der Waals surface area contributed by atoms with Gasteiger partial charge in [0.05, 0.1) is 12.6 Å². The predicted molar refractivity (Wildman–Crippen MR) is 69.3 cm³/mol. The zero-order valence-electron chi connectivity index (χ0n) is 11.3. The molecule has 0 aliphatic rings. The molecule has 5 nitrogen and oxygen atoms in total. The second-order valence-electron chi connectivity index (χ2n) is 4.23. The Kier molecular flexibility index (Phi) is 5.31. The quantitative estimate of drug-likeness (QED) is 0.800. The highest BCUT2D eigenvalue weighted by Gasteiger charge is 2.13. The van der Waals surface area contributed by atoms with Gasteiger partial charge in [-0.05, 0) is 20.9 Å². The molecule has 0 saturated heterocycles. The van der Waals surface area contributed by atoms with Crippen LogP contribution in [0.2, 0.25) is 0 Å². The summed E-state index contributed by atoms with van der Waals surface area (Å²) < 4.78 is 5.13. The normalized spacial score (nSPS) is 12.5. The molecule has 17 heavy (non-hydrogen) atoms. The average Bonchev–Trinajstić information content (AvgIpc) is 2.31. The Labute approximate surface area is 103 Å². The Morgan fingerprint density at radius 2 is 2.24 bits per heavy atom. The fourth-order valence-electron chi connectivity index (χ4n) is 1.56. The minimum Gasteiger partial charge on any atom is -0.383 e. The van der Waals surface area contributed by atoms with Gasteiger partial charge in [-0.25, -0.2) is 9.97 Å². The van der Waals surface area contributed by atoms with Crippen LogP contribution < -0.4 is 10.2 Å². The van der Waals surface area contributed by atoms with E-state index >= 15 is 0 Å². The van der Waals surface area contributed by atoms with Crippen LogP contribution in [0.15, 0.2) is 6.20 Å². The molecule has 1 heterocycles. The van der Waals surface area contributed by atoms with Crippen molar-refractivity contribution in [1.29, 1.82) is 0 Å². The number of rotatable bonds is 6. The highest BCUT2D eigenvalue weighted by Crippen LogP contribution is 2.12. The van der Waals surface area contributed by atoms with Gasteiger partial charge in [0.25, 0.3) is 0 Å². The van der Waals surface area contributed by atoms with Gasteiger partial charge in [-0.3, -0.25) is 0 Å². The van der Waals surface area contributed by atoms with Crippen molar-refractivity contribution in [1.82, 2.24) is 15.3 Å². The lowest BCUT2D eigenvalue weighted by Gasteiger charge is -2.24. The zero-order valence-corrected chi connectivity index (χ0v) is 11.3. The molecule has 1 unspecified atom stereocenters. The van der Waals surface area contributed by atoms with E-state index in [-0.39, 0.29) is 6.04 Å². The van der Waals surface area contributed by atoms with Gasteiger partial charge >= 0.3 is 0 Å². The summed E-state index contributed by atoms with van der Waals surface area (Å²) in [7, 11) is 5.60. The van der Waals surface area contributed by atoms with E-state index in [1.165, 1.54) is 0 Å². The van der Waals surface area contributed by atoms with Crippen molar-refractivity contribution in [2.24, 2.45) is 0 Å². The van der Waals surface area contributed by atoms with E-state index in [0.29, 0.717) is 6.61 Å². The number of hydrogen-bond donors (Lipinski definition) is 1. The van der Waals surface area contributed by atoms with E-state index in [9.17, 15) is 0 Å². The van der Waals surface area contributed by atoms with Crippen LogP contribution in [0.1, 0.15) is 18.2 Å². The van der Waals surface area contributed by atoms with Gasteiger partial charge in [0.2, 0.25) is 5.95 Å². The lowest BCUT2D eigenvalue weighted by Crippen LogP contribution is -2.34. The molecule has 1 aromatic rings. The van der Waals surface area contributed by atoms with Crippen molar-refractivity contribution in [2.75, 3.05) is 32.7 Å². The van der Waals surface area contributed by atoms with Crippen LogP contribution in [0.4, 0.5) is 5.95 Å². The molecule has 0 radical (unpaired) electrons. The van der Waals surface area contributed by atoms with Crippen molar-refractivity contribution in [3.05, 3.63) is 17.5 Å². The summed E-state index contributed by atoms with van der Waals surface area (Å²) in [5.74, 6) is 0.743. The molecule has 0 spiro atoms. The number of hydrogen-bond acceptors (Lipinski definition) is 5. The molecule has 0 amide bonds. The van der Waals surface area contributed by atoms with Gasteiger partial charge in [-0.2, -0.15) is 0 Å². The maximum atomic E-state index is 5.13. The molecule has 96 valence electrons. The molecule has 1 atom stereocenters. The van der Waals surface area contributed by atoms with E-state index < -0.39 is 0 Å². The van der Waals surface area contributed by atoms with Gasteiger partial charge in [0.15, 0.2) is 0 Å². The van der Waals surface area contributed by atoms with Crippen molar-refractivity contribution < 1.29 is 4.74 Å². The Morgan fingerprint density at radius 3 is 2.76 bits per heavy atom. The van der Waals surface area contributed by atoms with Gasteiger partial charge in [0, 0.05) is 38.2 Å². The average molecular weight is 238 g/mol. The lowest BCUT2D eigenvalue weighted by atomic mass is 10.2. The minimum atomic E-state index is 0.259. The summed E-state index contributed by atoms with van der Waals surface area (Å²) in [5, 5.41) is 3.10. The number of aryl methyl sites for hydroxylation is 1. The first kappa shape index (κ1) is 13.9. The standard InChI is InChI=1S/C12H22N4O/c1-9(8-17-5)16(4)12-14-7-11(6-13-3)10(2)15-12/h7,9,13H,6,8H2,1-5H3. The second-order valence-corrected chi connectivity index (χ2v) is 4.23. The molecule has 0 aliphatic heterocycles.